The smallest absolute Gasteiger partial charge is 0.275 e. The fraction of sp³-hybridized carbons (Fsp3) is 0. The van der Waals surface area contributed by atoms with E-state index < -0.39 is 11.2 Å². The summed E-state index contributed by atoms with van der Waals surface area (Å²) in [6.07, 6.45) is 1.31. The van der Waals surface area contributed by atoms with E-state index >= 15 is 0 Å². The Morgan fingerprint density at radius 3 is 2.82 bits per heavy atom. The number of H-pyrrole nitrogens is 1. The van der Waals surface area contributed by atoms with Crippen molar-refractivity contribution in [2.24, 2.45) is 0 Å². The van der Waals surface area contributed by atoms with Gasteiger partial charge in [-0.25, -0.2) is 4.79 Å². The van der Waals surface area contributed by atoms with Crippen LogP contribution in [0.4, 0.5) is 0 Å². The number of rotatable bonds is 2. The third-order valence-electron chi connectivity index (χ3n) is 0.977. The lowest BCUT2D eigenvalue weighted by molar-refractivity contribution is -0.110. The van der Waals surface area contributed by atoms with Crippen LogP contribution in [0.3, 0.4) is 0 Å². The van der Waals surface area contributed by atoms with Gasteiger partial charge in [0.05, 0.1) is 0 Å². The molecule has 0 spiro atoms. The highest BCUT2D eigenvalue weighted by molar-refractivity contribution is 5.44. The van der Waals surface area contributed by atoms with Crippen LogP contribution in [0.15, 0.2) is 21.9 Å². The fourth-order valence-electron chi connectivity index (χ4n) is 0.552. The van der Waals surface area contributed by atoms with Crippen LogP contribution in [-0.2, 0) is 4.79 Å². The molecule has 1 aromatic heterocycles. The lowest BCUT2D eigenvalue weighted by Gasteiger charge is -1.94. The number of nitrogens with zero attached hydrogens (tertiary/aromatic N) is 2. The second-order valence-electron chi connectivity index (χ2n) is 1.68. The number of carbonyl (C=O) groups is 1. The lowest BCUT2D eigenvalue weighted by atomic mass is 10.7. The summed E-state index contributed by atoms with van der Waals surface area (Å²) >= 11 is 0. The van der Waals surface area contributed by atoms with Gasteiger partial charge in [-0.1, -0.05) is 0 Å². The van der Waals surface area contributed by atoms with Gasteiger partial charge in [0, 0.05) is 12.3 Å². The highest BCUT2D eigenvalue weighted by Crippen LogP contribution is 1.64. The standard InChI is InChI=1S/C5H4N3O3/c9-3-6-8-2-1-4(10)7-5(8)11/h1-3H,(H,7,10,11). The second kappa shape index (κ2) is 2.82. The van der Waals surface area contributed by atoms with Crippen LogP contribution in [0, 0.1) is 0 Å². The molecule has 6 heteroatoms. The van der Waals surface area contributed by atoms with E-state index in [9.17, 15) is 14.4 Å². The molecule has 1 heterocycles. The minimum atomic E-state index is -0.732. The van der Waals surface area contributed by atoms with Gasteiger partial charge in [-0.3, -0.25) is 14.6 Å². The molecule has 57 valence electrons. The fourth-order valence-corrected chi connectivity index (χ4v) is 0.552. The maximum Gasteiger partial charge on any atom is 0.349 e. The Balaban J connectivity index is 3.19. The summed E-state index contributed by atoms with van der Waals surface area (Å²) in [7, 11) is 0. The van der Waals surface area contributed by atoms with Crippen LogP contribution in [0.2, 0.25) is 0 Å². The average Bonchev–Trinajstić information content (AvgIpc) is 1.95. The number of amides is 1. The van der Waals surface area contributed by atoms with E-state index in [0.717, 1.165) is 16.9 Å². The van der Waals surface area contributed by atoms with Crippen molar-refractivity contribution >= 4 is 6.41 Å². The molecule has 1 aromatic rings. The van der Waals surface area contributed by atoms with E-state index in [-0.39, 0.29) is 6.41 Å². The van der Waals surface area contributed by atoms with E-state index in [2.05, 4.69) is 5.43 Å². The van der Waals surface area contributed by atoms with Crippen molar-refractivity contribution in [3.63, 3.8) is 0 Å². The van der Waals surface area contributed by atoms with Crippen LogP contribution in [0.5, 0.6) is 0 Å². The van der Waals surface area contributed by atoms with Crippen LogP contribution in [0.25, 0.3) is 0 Å². The Kier molecular flexibility index (Phi) is 1.86. The van der Waals surface area contributed by atoms with Crippen molar-refractivity contribution in [2.75, 3.05) is 0 Å². The topological polar surface area (TPSA) is 86.0 Å². The van der Waals surface area contributed by atoms with Gasteiger partial charge in [0.1, 0.15) is 0 Å². The predicted octanol–water partition coefficient (Wildman–Crippen LogP) is -1.94. The molecule has 1 amide bonds. The molecule has 1 radical (unpaired) electrons. The molecule has 1 rings (SSSR count). The summed E-state index contributed by atoms with van der Waals surface area (Å²) in [4.78, 5) is 32.8. The van der Waals surface area contributed by atoms with E-state index in [1.54, 1.807) is 0 Å². The summed E-state index contributed by atoms with van der Waals surface area (Å²) in [5.74, 6) is 0. The molecule has 0 atom stereocenters. The molecule has 11 heavy (non-hydrogen) atoms. The van der Waals surface area contributed by atoms with Gasteiger partial charge in [-0.2, -0.15) is 4.68 Å². The third-order valence-corrected chi connectivity index (χ3v) is 0.977. The maximum atomic E-state index is 10.7. The number of nitrogens with one attached hydrogen (secondary N) is 1. The Bertz CT molecular complexity index is 364. The highest BCUT2D eigenvalue weighted by atomic mass is 16.2. The third kappa shape index (κ3) is 1.54. The summed E-state index contributed by atoms with van der Waals surface area (Å²) in [6, 6.07) is 1.09. The van der Waals surface area contributed by atoms with Gasteiger partial charge in [0.2, 0.25) is 0 Å². The summed E-state index contributed by atoms with van der Waals surface area (Å²) in [5, 5.41) is 0. The quantitative estimate of drug-likeness (QED) is 0.503. The first-order valence-electron chi connectivity index (χ1n) is 2.71. The number of aromatic nitrogens is 2. The molecule has 0 aromatic carbocycles. The number of hydrogen-bond donors (Lipinski definition) is 1. The average molecular weight is 154 g/mol. The van der Waals surface area contributed by atoms with Crippen molar-refractivity contribution in [1.29, 1.82) is 0 Å². The van der Waals surface area contributed by atoms with E-state index in [0.29, 0.717) is 0 Å². The van der Waals surface area contributed by atoms with E-state index in [1.165, 1.54) is 0 Å². The van der Waals surface area contributed by atoms with Crippen LogP contribution in [0.1, 0.15) is 0 Å². The molecule has 0 saturated heterocycles. The van der Waals surface area contributed by atoms with Crippen molar-refractivity contribution in [2.45, 2.75) is 0 Å². The Morgan fingerprint density at radius 1 is 1.55 bits per heavy atom. The lowest BCUT2D eigenvalue weighted by Crippen LogP contribution is -2.33. The normalized spacial score (nSPS) is 9.09. The molecule has 0 aliphatic heterocycles. The van der Waals surface area contributed by atoms with Crippen LogP contribution in [-0.4, -0.2) is 16.1 Å². The van der Waals surface area contributed by atoms with Crippen molar-refractivity contribution < 1.29 is 4.79 Å². The minimum Gasteiger partial charge on any atom is -0.275 e. The van der Waals surface area contributed by atoms with Gasteiger partial charge >= 0.3 is 5.69 Å². The first-order valence-corrected chi connectivity index (χ1v) is 2.71. The first kappa shape index (κ1) is 7.26. The first-order chi connectivity index (χ1) is 5.24. The molecular weight excluding hydrogens is 150 g/mol. The molecule has 0 aliphatic carbocycles. The molecule has 1 N–H and O–H groups in total. The van der Waals surface area contributed by atoms with Gasteiger partial charge in [0.15, 0.2) is 0 Å². The maximum absolute atomic E-state index is 10.7. The Morgan fingerprint density at radius 2 is 2.27 bits per heavy atom. The molecule has 0 saturated carbocycles. The van der Waals surface area contributed by atoms with E-state index in [1.807, 2.05) is 4.98 Å². The van der Waals surface area contributed by atoms with Crippen molar-refractivity contribution in [3.05, 3.63) is 33.1 Å². The number of aromatic amines is 1. The number of carbonyl (C=O) groups excluding carboxylic acids is 1. The molecule has 0 aliphatic rings. The molecular formula is C5H4N3O3. The number of hydrogen-bond acceptors (Lipinski definition) is 3. The van der Waals surface area contributed by atoms with E-state index in [4.69, 9.17) is 0 Å². The Hall–Kier alpha value is -1.85. The van der Waals surface area contributed by atoms with Gasteiger partial charge < -0.3 is 0 Å². The zero-order valence-corrected chi connectivity index (χ0v) is 5.35. The van der Waals surface area contributed by atoms with Gasteiger partial charge in [-0.05, 0) is 0 Å². The van der Waals surface area contributed by atoms with Crippen molar-refractivity contribution in [3.8, 4) is 0 Å². The van der Waals surface area contributed by atoms with Crippen molar-refractivity contribution in [1.82, 2.24) is 15.1 Å². The summed E-state index contributed by atoms with van der Waals surface area (Å²) in [5.41, 5.74) is 1.85. The zero-order valence-electron chi connectivity index (χ0n) is 5.35. The Labute approximate surface area is 60.5 Å². The molecule has 0 fully saturated rings. The van der Waals surface area contributed by atoms with Crippen LogP contribution < -0.4 is 16.7 Å². The molecule has 6 nitrogen and oxygen atoms in total. The largest absolute Gasteiger partial charge is 0.349 e. The van der Waals surface area contributed by atoms with Gasteiger partial charge in [-0.15, -0.1) is 5.43 Å². The minimum absolute atomic E-state index is 0.208. The highest BCUT2D eigenvalue weighted by Gasteiger charge is 1.93. The van der Waals surface area contributed by atoms with Crippen LogP contribution >= 0.6 is 0 Å². The molecule has 0 unspecified atom stereocenters. The monoisotopic (exact) mass is 154 g/mol. The predicted molar refractivity (Wildman–Crippen MR) is 34.9 cm³/mol. The van der Waals surface area contributed by atoms with Gasteiger partial charge in [0.25, 0.3) is 12.0 Å². The summed E-state index contributed by atoms with van der Waals surface area (Å²) in [6.45, 7) is 0. The summed E-state index contributed by atoms with van der Waals surface area (Å²) < 4.78 is 0.731. The second-order valence-corrected chi connectivity index (χ2v) is 1.68. The zero-order chi connectivity index (χ0) is 8.27. The molecule has 0 bridgehead atoms. The SMILES string of the molecule is O=C[N]n1ccc(=O)[nH]c1=O.